The monoisotopic (exact) mass is 325 g/mol. The maximum atomic E-state index is 13.2. The van der Waals surface area contributed by atoms with Crippen molar-refractivity contribution < 1.29 is 27.2 Å². The van der Waals surface area contributed by atoms with Gasteiger partial charge in [-0.1, -0.05) is 17.7 Å². The molecular weight excluding hydrogens is 314 g/mol. The molecule has 0 saturated carbocycles. The summed E-state index contributed by atoms with van der Waals surface area (Å²) < 4.78 is 51.1. The average molecular weight is 326 g/mol. The number of halogens is 5. The Labute approximate surface area is 123 Å². The first kappa shape index (κ1) is 17.4. The maximum absolute atomic E-state index is 13.2. The van der Waals surface area contributed by atoms with Crippen molar-refractivity contribution in [1.29, 1.82) is 0 Å². The van der Waals surface area contributed by atoms with Crippen LogP contribution >= 0.6 is 11.6 Å². The maximum Gasteiger partial charge on any atom is 0.384 e. The van der Waals surface area contributed by atoms with E-state index < -0.39 is 36.5 Å². The van der Waals surface area contributed by atoms with Crippen LogP contribution in [0.25, 0.3) is 0 Å². The van der Waals surface area contributed by atoms with E-state index in [1.165, 1.54) is 24.3 Å². The van der Waals surface area contributed by atoms with E-state index in [1.807, 2.05) is 0 Å². The van der Waals surface area contributed by atoms with Crippen LogP contribution < -0.4 is 4.90 Å². The molecule has 0 heterocycles. The van der Waals surface area contributed by atoms with Crippen LogP contribution in [0, 0.1) is 6.92 Å². The summed E-state index contributed by atoms with van der Waals surface area (Å²) in [6.07, 6.45) is -4.16. The molecule has 0 aromatic heterocycles. The second kappa shape index (κ2) is 6.89. The van der Waals surface area contributed by atoms with Gasteiger partial charge in [0.15, 0.2) is 5.78 Å². The average Bonchev–Trinajstić information content (AvgIpc) is 2.44. The van der Waals surface area contributed by atoms with E-state index in [4.69, 9.17) is 11.6 Å². The van der Waals surface area contributed by atoms with Gasteiger partial charge in [-0.15, -0.1) is 11.6 Å². The SMILES string of the molecule is Cc1ccc(N(CC(=O)CCl)C(=O)C(F)(F)C(F)F)cc1. The lowest BCUT2D eigenvalue weighted by Gasteiger charge is -2.26. The third kappa shape index (κ3) is 4.17. The summed E-state index contributed by atoms with van der Waals surface area (Å²) >= 11 is 5.27. The number of rotatable bonds is 6. The Kier molecular flexibility index (Phi) is 5.71. The van der Waals surface area contributed by atoms with Gasteiger partial charge in [-0.3, -0.25) is 14.5 Å². The lowest BCUT2D eigenvalue weighted by molar-refractivity contribution is -0.166. The van der Waals surface area contributed by atoms with Crippen LogP contribution in [0.15, 0.2) is 24.3 Å². The standard InChI is InChI=1S/C13H12ClF4NO2/c1-8-2-4-9(5-3-8)19(7-10(20)6-14)12(21)13(17,18)11(15)16/h2-5,11H,6-7H2,1H3. The molecule has 0 aliphatic heterocycles. The van der Waals surface area contributed by atoms with Gasteiger partial charge >= 0.3 is 18.3 Å². The summed E-state index contributed by atoms with van der Waals surface area (Å²) in [5.41, 5.74) is 0.694. The second-order valence-electron chi connectivity index (χ2n) is 4.32. The van der Waals surface area contributed by atoms with Crippen molar-refractivity contribution in [1.82, 2.24) is 0 Å². The number of amides is 1. The van der Waals surface area contributed by atoms with Gasteiger partial charge in [-0.25, -0.2) is 8.78 Å². The van der Waals surface area contributed by atoms with Crippen LogP contribution in [-0.4, -0.2) is 36.5 Å². The Bertz CT molecular complexity index is 519. The molecule has 0 spiro atoms. The van der Waals surface area contributed by atoms with Crippen LogP contribution in [0.1, 0.15) is 5.56 Å². The second-order valence-corrected chi connectivity index (χ2v) is 4.59. The number of carbonyl (C=O) groups is 2. The third-order valence-corrected chi connectivity index (χ3v) is 2.93. The predicted octanol–water partition coefficient (Wildman–Crippen LogP) is 3.04. The molecule has 0 bridgehead atoms. The predicted molar refractivity (Wildman–Crippen MR) is 70.2 cm³/mol. The molecule has 1 rings (SSSR count). The van der Waals surface area contributed by atoms with Crippen LogP contribution in [0.5, 0.6) is 0 Å². The van der Waals surface area contributed by atoms with Crippen LogP contribution in [0.4, 0.5) is 23.2 Å². The van der Waals surface area contributed by atoms with Gasteiger partial charge in [0.1, 0.15) is 0 Å². The lowest BCUT2D eigenvalue weighted by atomic mass is 10.2. The van der Waals surface area contributed by atoms with Crippen molar-refractivity contribution >= 4 is 29.0 Å². The number of hydrogen-bond donors (Lipinski definition) is 0. The number of alkyl halides is 5. The number of aryl methyl sites for hydroxylation is 1. The molecule has 0 radical (unpaired) electrons. The van der Waals surface area contributed by atoms with Crippen LogP contribution in [0.3, 0.4) is 0 Å². The number of benzene rings is 1. The van der Waals surface area contributed by atoms with Crippen molar-refractivity contribution in [3.05, 3.63) is 29.8 Å². The van der Waals surface area contributed by atoms with Crippen molar-refractivity contribution in [3.8, 4) is 0 Å². The molecule has 0 aliphatic carbocycles. The summed E-state index contributed by atoms with van der Waals surface area (Å²) in [7, 11) is 0. The minimum absolute atomic E-state index is 0.0793. The number of ketones is 1. The summed E-state index contributed by atoms with van der Waals surface area (Å²) in [6, 6.07) is 5.58. The fourth-order valence-electron chi connectivity index (χ4n) is 1.50. The summed E-state index contributed by atoms with van der Waals surface area (Å²) in [5, 5.41) is 0. The van der Waals surface area contributed by atoms with Gasteiger partial charge < -0.3 is 0 Å². The van der Waals surface area contributed by atoms with E-state index in [1.54, 1.807) is 6.92 Å². The Morgan fingerprint density at radius 3 is 2.19 bits per heavy atom. The number of hydrogen-bond acceptors (Lipinski definition) is 2. The molecule has 1 amide bonds. The molecule has 1 aromatic carbocycles. The third-order valence-electron chi connectivity index (χ3n) is 2.63. The van der Waals surface area contributed by atoms with Gasteiger partial charge in [-0.05, 0) is 19.1 Å². The normalized spacial score (nSPS) is 11.6. The highest BCUT2D eigenvalue weighted by Gasteiger charge is 2.51. The molecule has 0 atom stereocenters. The molecule has 21 heavy (non-hydrogen) atoms. The molecule has 3 nitrogen and oxygen atoms in total. The minimum atomic E-state index is -4.88. The van der Waals surface area contributed by atoms with E-state index in [9.17, 15) is 27.2 Å². The van der Waals surface area contributed by atoms with Gasteiger partial charge in [0.2, 0.25) is 0 Å². The molecule has 116 valence electrons. The fourth-order valence-corrected chi connectivity index (χ4v) is 1.58. The van der Waals surface area contributed by atoms with E-state index in [-0.39, 0.29) is 5.69 Å². The first-order valence-electron chi connectivity index (χ1n) is 5.82. The number of nitrogens with zero attached hydrogens (tertiary/aromatic N) is 1. The smallest absolute Gasteiger partial charge is 0.300 e. The largest absolute Gasteiger partial charge is 0.384 e. The first-order valence-corrected chi connectivity index (χ1v) is 6.36. The fraction of sp³-hybridized carbons (Fsp3) is 0.385. The Hall–Kier alpha value is -1.63. The molecule has 0 N–H and O–H groups in total. The molecule has 8 heteroatoms. The quantitative estimate of drug-likeness (QED) is 0.595. The van der Waals surface area contributed by atoms with E-state index in [0.717, 1.165) is 5.56 Å². The van der Waals surface area contributed by atoms with Gasteiger partial charge in [0.25, 0.3) is 0 Å². The lowest BCUT2D eigenvalue weighted by Crippen LogP contribution is -2.49. The highest BCUT2D eigenvalue weighted by molar-refractivity contribution is 6.28. The van der Waals surface area contributed by atoms with Crippen LogP contribution in [-0.2, 0) is 9.59 Å². The van der Waals surface area contributed by atoms with Crippen molar-refractivity contribution in [2.24, 2.45) is 0 Å². The topological polar surface area (TPSA) is 37.4 Å². The minimum Gasteiger partial charge on any atom is -0.300 e. The Morgan fingerprint density at radius 1 is 1.24 bits per heavy atom. The molecular formula is C13H12ClF4NO2. The van der Waals surface area contributed by atoms with E-state index >= 15 is 0 Å². The van der Waals surface area contributed by atoms with E-state index in [0.29, 0.717) is 4.90 Å². The van der Waals surface area contributed by atoms with E-state index in [2.05, 4.69) is 0 Å². The number of Topliss-reactive ketones (excluding diaryl/α,β-unsaturated/α-hetero) is 1. The number of anilines is 1. The zero-order valence-electron chi connectivity index (χ0n) is 11.0. The number of carbonyl (C=O) groups excluding carboxylic acids is 2. The van der Waals surface area contributed by atoms with Crippen LogP contribution in [0.2, 0.25) is 0 Å². The zero-order valence-corrected chi connectivity index (χ0v) is 11.7. The van der Waals surface area contributed by atoms with Gasteiger partial charge in [0.05, 0.1) is 12.4 Å². The van der Waals surface area contributed by atoms with Crippen molar-refractivity contribution in [2.75, 3.05) is 17.3 Å². The molecule has 0 aliphatic rings. The Balaban J connectivity index is 3.16. The Morgan fingerprint density at radius 2 is 1.76 bits per heavy atom. The molecule has 0 fully saturated rings. The summed E-state index contributed by atoms with van der Waals surface area (Å²) in [5.74, 6) is -8.27. The van der Waals surface area contributed by atoms with Gasteiger partial charge in [0, 0.05) is 5.69 Å². The summed E-state index contributed by atoms with van der Waals surface area (Å²) in [6.45, 7) is 0.918. The first-order chi connectivity index (χ1) is 9.70. The summed E-state index contributed by atoms with van der Waals surface area (Å²) in [4.78, 5) is 23.3. The highest BCUT2D eigenvalue weighted by atomic mass is 35.5. The molecule has 0 unspecified atom stereocenters. The zero-order chi connectivity index (χ0) is 16.2. The van der Waals surface area contributed by atoms with Crippen molar-refractivity contribution in [3.63, 3.8) is 0 Å². The molecule has 0 saturated heterocycles. The molecule has 1 aromatic rings. The van der Waals surface area contributed by atoms with Gasteiger partial charge in [-0.2, -0.15) is 8.78 Å². The van der Waals surface area contributed by atoms with Crippen molar-refractivity contribution in [2.45, 2.75) is 19.3 Å². The highest BCUT2D eigenvalue weighted by Crippen LogP contribution is 2.28.